The normalized spacial score (nSPS) is 14.4. The van der Waals surface area contributed by atoms with Crippen molar-refractivity contribution in [1.29, 1.82) is 0 Å². The Bertz CT molecular complexity index is 1410. The molecule has 0 atom stereocenters. The summed E-state index contributed by atoms with van der Waals surface area (Å²) < 4.78 is 13.3. The van der Waals surface area contributed by atoms with Crippen molar-refractivity contribution in [2.75, 3.05) is 31.1 Å². The molecule has 5 rings (SSSR count). The molecule has 0 unspecified atom stereocenters. The van der Waals surface area contributed by atoms with Crippen molar-refractivity contribution < 1.29 is 14.1 Å². The molecule has 4 aromatic rings. The van der Waals surface area contributed by atoms with Gasteiger partial charge in [-0.25, -0.2) is 4.39 Å². The number of piperazine rings is 1. The number of nitro benzene ring substituents is 1. The second-order valence-corrected chi connectivity index (χ2v) is 9.10. The minimum Gasteiger partial charge on any atom is -0.367 e. The summed E-state index contributed by atoms with van der Waals surface area (Å²) in [6.45, 7) is 2.20. The highest BCUT2D eigenvalue weighted by Gasteiger charge is 2.26. The van der Waals surface area contributed by atoms with Crippen molar-refractivity contribution in [3.63, 3.8) is 0 Å². The number of fused-ring (bicyclic) bond motifs is 1. The van der Waals surface area contributed by atoms with Crippen LogP contribution in [0.1, 0.15) is 10.4 Å². The fraction of sp³-hybridized carbons (Fsp3) is 0.154. The molecular weight excluding hydrogens is 467 g/mol. The zero-order valence-corrected chi connectivity index (χ0v) is 19.5. The highest BCUT2D eigenvalue weighted by molar-refractivity contribution is 7.11. The van der Waals surface area contributed by atoms with Gasteiger partial charge in [0, 0.05) is 60.6 Å². The van der Waals surface area contributed by atoms with Crippen LogP contribution < -0.4 is 4.90 Å². The molecule has 0 spiro atoms. The van der Waals surface area contributed by atoms with Crippen LogP contribution in [-0.2, 0) is 4.79 Å². The third-order valence-electron chi connectivity index (χ3n) is 6.07. The molecule has 2 aromatic heterocycles. The molecule has 0 N–H and O–H groups in total. The number of thiophene rings is 1. The van der Waals surface area contributed by atoms with E-state index in [1.807, 2.05) is 22.4 Å². The number of aromatic nitrogens is 1. The number of carbonyl (C=O) groups excluding carboxylic acids is 1. The number of hydrogen-bond acceptors (Lipinski definition) is 6. The second-order valence-electron chi connectivity index (χ2n) is 8.15. The molecule has 3 heterocycles. The third-order valence-corrected chi connectivity index (χ3v) is 6.98. The number of halogens is 1. The summed E-state index contributed by atoms with van der Waals surface area (Å²) in [5.41, 5.74) is 2.25. The molecule has 0 aliphatic carbocycles. The van der Waals surface area contributed by atoms with Crippen molar-refractivity contribution in [3.05, 3.63) is 98.7 Å². The average molecular weight is 489 g/mol. The molecule has 7 nitrogen and oxygen atoms in total. The predicted molar refractivity (Wildman–Crippen MR) is 136 cm³/mol. The molecule has 0 saturated carbocycles. The maximum atomic E-state index is 13.5. The first kappa shape index (κ1) is 22.7. The molecule has 1 aliphatic rings. The van der Waals surface area contributed by atoms with Gasteiger partial charge in [0.1, 0.15) is 5.82 Å². The van der Waals surface area contributed by atoms with Gasteiger partial charge in [-0.2, -0.15) is 0 Å². The molecule has 9 heteroatoms. The van der Waals surface area contributed by atoms with Crippen molar-refractivity contribution in [2.24, 2.45) is 0 Å². The molecular formula is C26H21FN4O3S. The zero-order chi connectivity index (χ0) is 24.4. The van der Waals surface area contributed by atoms with Gasteiger partial charge in [-0.05, 0) is 47.4 Å². The molecule has 2 aromatic carbocycles. The lowest BCUT2D eigenvalue weighted by molar-refractivity contribution is -0.383. The highest BCUT2D eigenvalue weighted by Crippen LogP contribution is 2.34. The van der Waals surface area contributed by atoms with Gasteiger partial charge in [-0.15, -0.1) is 11.3 Å². The van der Waals surface area contributed by atoms with Crippen LogP contribution in [0.15, 0.2) is 72.4 Å². The first-order chi connectivity index (χ1) is 17.0. The quantitative estimate of drug-likeness (QED) is 0.218. The first-order valence-corrected chi connectivity index (χ1v) is 12.0. The zero-order valence-electron chi connectivity index (χ0n) is 18.6. The Morgan fingerprint density at radius 1 is 1.03 bits per heavy atom. The summed E-state index contributed by atoms with van der Waals surface area (Å²) in [5.74, 6) is -0.397. The van der Waals surface area contributed by atoms with Crippen LogP contribution in [0.2, 0.25) is 0 Å². The number of non-ortho nitro benzene ring substituents is 1. The monoisotopic (exact) mass is 488 g/mol. The summed E-state index contributed by atoms with van der Waals surface area (Å²) in [7, 11) is 0. The van der Waals surface area contributed by atoms with Crippen LogP contribution in [-0.4, -0.2) is 46.9 Å². The van der Waals surface area contributed by atoms with E-state index < -0.39 is 4.92 Å². The van der Waals surface area contributed by atoms with Crippen LogP contribution in [0.5, 0.6) is 0 Å². The van der Waals surface area contributed by atoms with Gasteiger partial charge < -0.3 is 9.80 Å². The van der Waals surface area contributed by atoms with E-state index in [2.05, 4.69) is 9.88 Å². The molecule has 1 fully saturated rings. The van der Waals surface area contributed by atoms with E-state index in [0.29, 0.717) is 37.1 Å². The summed E-state index contributed by atoms with van der Waals surface area (Å²) in [6.07, 6.45) is 4.95. The van der Waals surface area contributed by atoms with Gasteiger partial charge in [-0.1, -0.05) is 18.2 Å². The molecule has 1 aliphatic heterocycles. The average Bonchev–Trinajstić information content (AvgIpc) is 3.42. The van der Waals surface area contributed by atoms with Crippen LogP contribution in [0, 0.1) is 15.9 Å². The van der Waals surface area contributed by atoms with E-state index >= 15 is 0 Å². The standard InChI is InChI=1S/C26H21FN4O3S/c27-19-5-3-18(4-6-19)16-21(25-2-1-15-35-25)26(32)30-13-11-29(12-14-30)23-7-8-24(31(33)34)22-17-28-10-9-20(22)23/h1-10,15-17H,11-14H2/b21-16-. The number of rotatable bonds is 5. The van der Waals surface area contributed by atoms with Crippen LogP contribution in [0.25, 0.3) is 22.4 Å². The Balaban J connectivity index is 1.38. The van der Waals surface area contributed by atoms with Crippen molar-refractivity contribution in [1.82, 2.24) is 9.88 Å². The van der Waals surface area contributed by atoms with E-state index in [4.69, 9.17) is 0 Å². The summed E-state index contributed by atoms with van der Waals surface area (Å²) in [4.78, 5) is 33.4. The highest BCUT2D eigenvalue weighted by atomic mass is 32.1. The fourth-order valence-electron chi connectivity index (χ4n) is 4.31. The number of benzene rings is 2. The lowest BCUT2D eigenvalue weighted by atomic mass is 10.1. The van der Waals surface area contributed by atoms with Crippen LogP contribution >= 0.6 is 11.3 Å². The Morgan fingerprint density at radius 2 is 1.80 bits per heavy atom. The van der Waals surface area contributed by atoms with Gasteiger partial charge in [0.25, 0.3) is 11.6 Å². The Morgan fingerprint density at radius 3 is 2.49 bits per heavy atom. The summed E-state index contributed by atoms with van der Waals surface area (Å²) in [6, 6.07) is 14.9. The minimum absolute atomic E-state index is 0.0252. The maximum Gasteiger partial charge on any atom is 0.278 e. The number of hydrogen-bond donors (Lipinski definition) is 0. The molecule has 1 saturated heterocycles. The topological polar surface area (TPSA) is 79.6 Å². The van der Waals surface area contributed by atoms with E-state index in [0.717, 1.165) is 21.5 Å². The fourth-order valence-corrected chi connectivity index (χ4v) is 5.04. The number of amides is 1. The van der Waals surface area contributed by atoms with Gasteiger partial charge in [0.2, 0.25) is 0 Å². The van der Waals surface area contributed by atoms with Gasteiger partial charge >= 0.3 is 0 Å². The first-order valence-electron chi connectivity index (χ1n) is 11.1. The Hall–Kier alpha value is -4.11. The molecule has 1 amide bonds. The Kier molecular flexibility index (Phi) is 6.24. The Labute approximate surface area is 204 Å². The van der Waals surface area contributed by atoms with Gasteiger partial charge in [0.15, 0.2) is 0 Å². The summed E-state index contributed by atoms with van der Waals surface area (Å²) in [5, 5.41) is 14.6. The maximum absolute atomic E-state index is 13.5. The second kappa shape index (κ2) is 9.63. The van der Waals surface area contributed by atoms with Crippen LogP contribution in [0.3, 0.4) is 0 Å². The SMILES string of the molecule is O=C(/C(=C\c1ccc(F)cc1)c1cccs1)N1CCN(c2ccc([N+](=O)[O-])c3cnccc23)CC1. The minimum atomic E-state index is -0.399. The molecule has 35 heavy (non-hydrogen) atoms. The molecule has 0 bridgehead atoms. The number of anilines is 1. The van der Waals surface area contributed by atoms with E-state index in [1.165, 1.54) is 35.7 Å². The number of nitro groups is 1. The number of nitrogens with zero attached hydrogens (tertiary/aromatic N) is 4. The van der Waals surface area contributed by atoms with E-state index in [9.17, 15) is 19.3 Å². The van der Waals surface area contributed by atoms with Crippen molar-refractivity contribution in [3.8, 4) is 0 Å². The van der Waals surface area contributed by atoms with Gasteiger partial charge in [0.05, 0.1) is 15.9 Å². The lowest BCUT2D eigenvalue weighted by Gasteiger charge is -2.37. The van der Waals surface area contributed by atoms with Crippen molar-refractivity contribution in [2.45, 2.75) is 0 Å². The van der Waals surface area contributed by atoms with Crippen molar-refractivity contribution >= 4 is 51.0 Å². The third kappa shape index (κ3) is 4.63. The number of pyridine rings is 1. The smallest absolute Gasteiger partial charge is 0.278 e. The van der Waals surface area contributed by atoms with E-state index in [1.54, 1.807) is 36.5 Å². The largest absolute Gasteiger partial charge is 0.367 e. The van der Waals surface area contributed by atoms with Crippen LogP contribution in [0.4, 0.5) is 15.8 Å². The molecule has 176 valence electrons. The summed E-state index contributed by atoms with van der Waals surface area (Å²) >= 11 is 1.49. The number of carbonyl (C=O) groups is 1. The van der Waals surface area contributed by atoms with Gasteiger partial charge in [-0.3, -0.25) is 19.9 Å². The predicted octanol–water partition coefficient (Wildman–Crippen LogP) is 5.23. The lowest BCUT2D eigenvalue weighted by Crippen LogP contribution is -2.49. The molecule has 0 radical (unpaired) electrons. The van der Waals surface area contributed by atoms with E-state index in [-0.39, 0.29) is 17.4 Å².